The highest BCUT2D eigenvalue weighted by atomic mass is 19.4. The SMILES string of the molecule is CC1(O)CCN(Cc2ccc(OC(F)(F)F)cc2)CC1. The molecule has 0 aliphatic carbocycles. The van der Waals surface area contributed by atoms with Crippen molar-refractivity contribution in [2.24, 2.45) is 0 Å². The Morgan fingerprint density at radius 3 is 2.25 bits per heavy atom. The Labute approximate surface area is 116 Å². The number of alkyl halides is 3. The summed E-state index contributed by atoms with van der Waals surface area (Å²) in [7, 11) is 0. The summed E-state index contributed by atoms with van der Waals surface area (Å²) in [5.74, 6) is -0.206. The van der Waals surface area contributed by atoms with Crippen molar-refractivity contribution < 1.29 is 23.0 Å². The van der Waals surface area contributed by atoms with Gasteiger partial charge in [0.05, 0.1) is 5.60 Å². The Morgan fingerprint density at radius 2 is 1.75 bits per heavy atom. The summed E-state index contributed by atoms with van der Waals surface area (Å²) in [6, 6.07) is 5.91. The van der Waals surface area contributed by atoms with E-state index < -0.39 is 12.0 Å². The molecule has 0 spiro atoms. The average Bonchev–Trinajstić information content (AvgIpc) is 2.32. The summed E-state index contributed by atoms with van der Waals surface area (Å²) >= 11 is 0. The van der Waals surface area contributed by atoms with Crippen molar-refractivity contribution in [1.82, 2.24) is 4.90 Å². The lowest BCUT2D eigenvalue weighted by molar-refractivity contribution is -0.274. The van der Waals surface area contributed by atoms with Gasteiger partial charge in [0.15, 0.2) is 0 Å². The molecule has 0 saturated carbocycles. The zero-order valence-corrected chi connectivity index (χ0v) is 11.3. The molecule has 1 N–H and O–H groups in total. The Hall–Kier alpha value is -1.27. The lowest BCUT2D eigenvalue weighted by atomic mass is 9.93. The van der Waals surface area contributed by atoms with E-state index in [1.54, 1.807) is 12.1 Å². The third-order valence-electron chi connectivity index (χ3n) is 3.50. The maximum atomic E-state index is 12.0. The van der Waals surface area contributed by atoms with Gasteiger partial charge in [-0.15, -0.1) is 13.2 Å². The van der Waals surface area contributed by atoms with Gasteiger partial charge in [0.25, 0.3) is 0 Å². The molecule has 2 rings (SSSR count). The van der Waals surface area contributed by atoms with E-state index in [1.807, 2.05) is 6.92 Å². The first-order chi connectivity index (χ1) is 9.23. The highest BCUT2D eigenvalue weighted by molar-refractivity contribution is 5.27. The van der Waals surface area contributed by atoms with E-state index in [0.717, 1.165) is 18.7 Å². The fourth-order valence-electron chi connectivity index (χ4n) is 2.25. The highest BCUT2D eigenvalue weighted by Gasteiger charge is 2.31. The fourth-order valence-corrected chi connectivity index (χ4v) is 2.25. The number of benzene rings is 1. The third kappa shape index (κ3) is 4.68. The molecular weight excluding hydrogens is 271 g/mol. The van der Waals surface area contributed by atoms with Crippen molar-refractivity contribution in [3.63, 3.8) is 0 Å². The third-order valence-corrected chi connectivity index (χ3v) is 3.50. The van der Waals surface area contributed by atoms with Crippen molar-refractivity contribution in [3.05, 3.63) is 29.8 Å². The lowest BCUT2D eigenvalue weighted by Crippen LogP contribution is -2.41. The first kappa shape index (κ1) is 15.1. The molecule has 1 aliphatic rings. The molecule has 1 saturated heterocycles. The molecule has 20 heavy (non-hydrogen) atoms. The molecule has 1 aliphatic heterocycles. The van der Waals surface area contributed by atoms with E-state index in [9.17, 15) is 18.3 Å². The number of hydrogen-bond acceptors (Lipinski definition) is 3. The minimum atomic E-state index is -4.65. The van der Waals surface area contributed by atoms with Gasteiger partial charge in [-0.2, -0.15) is 0 Å². The molecule has 0 amide bonds. The van der Waals surface area contributed by atoms with Gasteiger partial charge in [-0.3, -0.25) is 4.90 Å². The number of likely N-dealkylation sites (tertiary alicyclic amines) is 1. The minimum Gasteiger partial charge on any atom is -0.406 e. The molecule has 0 bridgehead atoms. The van der Waals surface area contributed by atoms with Gasteiger partial charge in [-0.05, 0) is 37.5 Å². The Morgan fingerprint density at radius 1 is 1.20 bits per heavy atom. The summed E-state index contributed by atoms with van der Waals surface area (Å²) < 4.78 is 39.9. The maximum absolute atomic E-state index is 12.0. The fraction of sp³-hybridized carbons (Fsp3) is 0.571. The van der Waals surface area contributed by atoms with Crippen LogP contribution in [0, 0.1) is 0 Å². The summed E-state index contributed by atoms with van der Waals surface area (Å²) in [6.45, 7) is 4.07. The molecule has 6 heteroatoms. The van der Waals surface area contributed by atoms with E-state index in [2.05, 4.69) is 9.64 Å². The van der Waals surface area contributed by atoms with Crippen LogP contribution in [0.25, 0.3) is 0 Å². The van der Waals surface area contributed by atoms with E-state index >= 15 is 0 Å². The number of nitrogens with zero attached hydrogens (tertiary/aromatic N) is 1. The summed E-state index contributed by atoms with van der Waals surface area (Å²) in [4.78, 5) is 2.18. The van der Waals surface area contributed by atoms with Crippen molar-refractivity contribution >= 4 is 0 Å². The topological polar surface area (TPSA) is 32.7 Å². The zero-order chi connectivity index (χ0) is 14.8. The summed E-state index contributed by atoms with van der Waals surface area (Å²) in [5, 5.41) is 9.85. The second-order valence-corrected chi connectivity index (χ2v) is 5.46. The van der Waals surface area contributed by atoms with Crippen LogP contribution >= 0.6 is 0 Å². The van der Waals surface area contributed by atoms with Crippen LogP contribution in [0.15, 0.2) is 24.3 Å². The molecule has 1 aromatic carbocycles. The maximum Gasteiger partial charge on any atom is 0.573 e. The number of aliphatic hydroxyl groups is 1. The van der Waals surface area contributed by atoms with Crippen LogP contribution in [0.1, 0.15) is 25.3 Å². The molecular formula is C14H18F3NO2. The quantitative estimate of drug-likeness (QED) is 0.928. The molecule has 0 radical (unpaired) electrons. The minimum absolute atomic E-state index is 0.206. The van der Waals surface area contributed by atoms with Crippen LogP contribution in [0.3, 0.4) is 0 Å². The molecule has 0 aromatic heterocycles. The van der Waals surface area contributed by atoms with E-state index in [4.69, 9.17) is 0 Å². The van der Waals surface area contributed by atoms with Gasteiger partial charge in [0.2, 0.25) is 0 Å². The predicted molar refractivity (Wildman–Crippen MR) is 68.3 cm³/mol. The van der Waals surface area contributed by atoms with Gasteiger partial charge in [0.1, 0.15) is 5.75 Å². The molecule has 112 valence electrons. The predicted octanol–water partition coefficient (Wildman–Crippen LogP) is 2.93. The Bertz CT molecular complexity index is 433. The van der Waals surface area contributed by atoms with Crippen LogP contribution in [-0.4, -0.2) is 35.1 Å². The molecule has 1 heterocycles. The first-order valence-electron chi connectivity index (χ1n) is 6.53. The standard InChI is InChI=1S/C14H18F3NO2/c1-13(19)6-8-18(9-7-13)10-11-2-4-12(5-3-11)20-14(15,16)17/h2-5,19H,6-10H2,1H3. The number of piperidine rings is 1. The van der Waals surface area contributed by atoms with Crippen LogP contribution in [0.4, 0.5) is 13.2 Å². The van der Waals surface area contributed by atoms with Crippen molar-refractivity contribution in [2.45, 2.75) is 38.3 Å². The highest BCUT2D eigenvalue weighted by Crippen LogP contribution is 2.25. The molecule has 0 atom stereocenters. The van der Waals surface area contributed by atoms with Gasteiger partial charge in [0, 0.05) is 19.6 Å². The van der Waals surface area contributed by atoms with Crippen LogP contribution in [0.2, 0.25) is 0 Å². The van der Waals surface area contributed by atoms with Crippen molar-refractivity contribution in [1.29, 1.82) is 0 Å². The van der Waals surface area contributed by atoms with E-state index in [1.165, 1.54) is 12.1 Å². The van der Waals surface area contributed by atoms with E-state index in [0.29, 0.717) is 19.4 Å². The molecule has 1 fully saturated rings. The van der Waals surface area contributed by atoms with Crippen molar-refractivity contribution in [2.75, 3.05) is 13.1 Å². The lowest BCUT2D eigenvalue weighted by Gasteiger charge is -2.35. The zero-order valence-electron chi connectivity index (χ0n) is 11.3. The molecule has 1 aromatic rings. The average molecular weight is 289 g/mol. The molecule has 3 nitrogen and oxygen atoms in total. The Kier molecular flexibility index (Phi) is 4.25. The van der Waals surface area contributed by atoms with Crippen LogP contribution in [-0.2, 0) is 6.54 Å². The largest absolute Gasteiger partial charge is 0.573 e. The normalized spacial score (nSPS) is 19.9. The van der Waals surface area contributed by atoms with Gasteiger partial charge >= 0.3 is 6.36 Å². The summed E-state index contributed by atoms with van der Waals surface area (Å²) in [6.07, 6.45) is -3.23. The first-order valence-corrected chi connectivity index (χ1v) is 6.53. The van der Waals surface area contributed by atoms with Crippen molar-refractivity contribution in [3.8, 4) is 5.75 Å². The second-order valence-electron chi connectivity index (χ2n) is 5.46. The van der Waals surface area contributed by atoms with E-state index in [-0.39, 0.29) is 5.75 Å². The van der Waals surface area contributed by atoms with Gasteiger partial charge in [-0.25, -0.2) is 0 Å². The monoisotopic (exact) mass is 289 g/mol. The summed E-state index contributed by atoms with van der Waals surface area (Å²) in [5.41, 5.74) is 0.335. The smallest absolute Gasteiger partial charge is 0.406 e. The Balaban J connectivity index is 1.88. The molecule has 0 unspecified atom stereocenters. The second kappa shape index (κ2) is 5.61. The van der Waals surface area contributed by atoms with Gasteiger partial charge < -0.3 is 9.84 Å². The number of rotatable bonds is 3. The number of halogens is 3. The number of ether oxygens (including phenoxy) is 1. The van der Waals surface area contributed by atoms with Crippen LogP contribution in [0.5, 0.6) is 5.75 Å². The number of hydrogen-bond donors (Lipinski definition) is 1. The van der Waals surface area contributed by atoms with Crippen LogP contribution < -0.4 is 4.74 Å². The van der Waals surface area contributed by atoms with Gasteiger partial charge in [-0.1, -0.05) is 12.1 Å².